The predicted molar refractivity (Wildman–Crippen MR) is 65.7 cm³/mol. The number of alkyl halides is 3. The molecule has 0 amide bonds. The number of methoxy groups -OCH3 is 1. The molecule has 1 aromatic rings. The SMILES string of the molecule is COc1c(C2CCCN2)cc(Br)cc1C(F)(F)F. The number of halogens is 4. The third kappa shape index (κ3) is 2.64. The van der Waals surface area contributed by atoms with E-state index in [0.29, 0.717) is 10.0 Å². The fraction of sp³-hybridized carbons (Fsp3) is 0.500. The lowest BCUT2D eigenvalue weighted by Crippen LogP contribution is -2.16. The van der Waals surface area contributed by atoms with Gasteiger partial charge in [0.1, 0.15) is 5.75 Å². The molecule has 0 aromatic heterocycles. The van der Waals surface area contributed by atoms with E-state index >= 15 is 0 Å². The quantitative estimate of drug-likeness (QED) is 0.891. The lowest BCUT2D eigenvalue weighted by Gasteiger charge is -2.20. The molecule has 1 unspecified atom stereocenters. The van der Waals surface area contributed by atoms with Crippen LogP contribution in [0.15, 0.2) is 16.6 Å². The minimum absolute atomic E-state index is 0.0708. The van der Waals surface area contributed by atoms with Gasteiger partial charge in [-0.1, -0.05) is 15.9 Å². The van der Waals surface area contributed by atoms with Crippen LogP contribution >= 0.6 is 15.9 Å². The van der Waals surface area contributed by atoms with Gasteiger partial charge in [0.15, 0.2) is 0 Å². The summed E-state index contributed by atoms with van der Waals surface area (Å²) in [5, 5.41) is 3.19. The lowest BCUT2D eigenvalue weighted by molar-refractivity contribution is -0.138. The van der Waals surface area contributed by atoms with Gasteiger partial charge in [0.2, 0.25) is 0 Å². The third-order valence-corrected chi connectivity index (χ3v) is 3.49. The van der Waals surface area contributed by atoms with Crippen LogP contribution in [0.4, 0.5) is 13.2 Å². The standard InChI is InChI=1S/C12H13BrF3NO/c1-18-11-8(10-3-2-4-17-10)5-7(13)6-9(11)12(14,15)16/h5-6,10,17H,2-4H2,1H3. The van der Waals surface area contributed by atoms with E-state index in [0.717, 1.165) is 25.5 Å². The molecular formula is C12H13BrF3NO. The highest BCUT2D eigenvalue weighted by molar-refractivity contribution is 9.10. The zero-order chi connectivity index (χ0) is 13.3. The first-order valence-corrected chi connectivity index (χ1v) is 6.41. The molecule has 0 bridgehead atoms. The van der Waals surface area contributed by atoms with Crippen molar-refractivity contribution in [2.24, 2.45) is 0 Å². The van der Waals surface area contributed by atoms with E-state index in [1.165, 1.54) is 7.11 Å². The van der Waals surface area contributed by atoms with Gasteiger partial charge >= 0.3 is 6.18 Å². The first-order chi connectivity index (χ1) is 8.43. The van der Waals surface area contributed by atoms with Crippen molar-refractivity contribution in [3.63, 3.8) is 0 Å². The summed E-state index contributed by atoms with van der Waals surface area (Å²) in [6, 6.07) is 2.67. The van der Waals surface area contributed by atoms with Crippen LogP contribution in [0.1, 0.15) is 30.0 Å². The number of ether oxygens (including phenoxy) is 1. The molecule has 0 saturated carbocycles. The molecule has 1 fully saturated rings. The van der Waals surface area contributed by atoms with Crippen LogP contribution < -0.4 is 10.1 Å². The Labute approximate surface area is 112 Å². The molecular weight excluding hydrogens is 311 g/mol. The molecule has 0 spiro atoms. The van der Waals surface area contributed by atoms with Crippen LogP contribution in [-0.4, -0.2) is 13.7 Å². The number of hydrogen-bond donors (Lipinski definition) is 1. The van der Waals surface area contributed by atoms with Crippen molar-refractivity contribution in [2.45, 2.75) is 25.1 Å². The summed E-state index contributed by atoms with van der Waals surface area (Å²) >= 11 is 3.13. The van der Waals surface area contributed by atoms with Crippen molar-refractivity contribution < 1.29 is 17.9 Å². The lowest BCUT2D eigenvalue weighted by atomic mass is 10.0. The normalized spacial score (nSPS) is 20.2. The van der Waals surface area contributed by atoms with Crippen LogP contribution in [-0.2, 0) is 6.18 Å². The topological polar surface area (TPSA) is 21.3 Å². The van der Waals surface area contributed by atoms with Gasteiger partial charge in [-0.15, -0.1) is 0 Å². The van der Waals surface area contributed by atoms with Crippen molar-refractivity contribution >= 4 is 15.9 Å². The molecule has 1 heterocycles. The summed E-state index contributed by atoms with van der Waals surface area (Å²) < 4.78 is 44.3. The molecule has 1 aromatic carbocycles. The van der Waals surface area contributed by atoms with E-state index < -0.39 is 11.7 Å². The van der Waals surface area contributed by atoms with Gasteiger partial charge in [-0.05, 0) is 31.5 Å². The van der Waals surface area contributed by atoms with E-state index in [4.69, 9.17) is 4.74 Å². The first-order valence-electron chi connectivity index (χ1n) is 5.61. The van der Waals surface area contributed by atoms with Gasteiger partial charge in [-0.2, -0.15) is 13.2 Å². The Kier molecular flexibility index (Phi) is 3.87. The molecule has 100 valence electrons. The minimum atomic E-state index is -4.41. The Morgan fingerprint density at radius 1 is 1.39 bits per heavy atom. The summed E-state index contributed by atoms with van der Waals surface area (Å²) in [5.41, 5.74) is -0.167. The highest BCUT2D eigenvalue weighted by atomic mass is 79.9. The second kappa shape index (κ2) is 5.09. The van der Waals surface area contributed by atoms with Gasteiger partial charge in [0.05, 0.1) is 12.7 Å². The molecule has 18 heavy (non-hydrogen) atoms. The first kappa shape index (κ1) is 13.7. The van der Waals surface area contributed by atoms with E-state index in [-0.39, 0.29) is 11.8 Å². The Bertz CT molecular complexity index is 442. The molecule has 2 rings (SSSR count). The Hall–Kier alpha value is -0.750. The Morgan fingerprint density at radius 2 is 2.11 bits per heavy atom. The maximum Gasteiger partial charge on any atom is 0.420 e. The second-order valence-corrected chi connectivity index (χ2v) is 5.14. The number of nitrogens with one attached hydrogen (secondary N) is 1. The van der Waals surface area contributed by atoms with Crippen molar-refractivity contribution in [2.75, 3.05) is 13.7 Å². The second-order valence-electron chi connectivity index (χ2n) is 4.22. The Balaban J connectivity index is 2.54. The molecule has 1 atom stereocenters. The van der Waals surface area contributed by atoms with Crippen LogP contribution in [0.25, 0.3) is 0 Å². The van der Waals surface area contributed by atoms with Gasteiger partial charge in [0.25, 0.3) is 0 Å². The van der Waals surface area contributed by atoms with Gasteiger partial charge in [-0.3, -0.25) is 0 Å². The minimum Gasteiger partial charge on any atom is -0.496 e. The molecule has 1 saturated heterocycles. The van der Waals surface area contributed by atoms with Crippen LogP contribution in [0, 0.1) is 0 Å². The largest absolute Gasteiger partial charge is 0.496 e. The van der Waals surface area contributed by atoms with Crippen molar-refractivity contribution in [1.29, 1.82) is 0 Å². The van der Waals surface area contributed by atoms with Crippen LogP contribution in [0.2, 0.25) is 0 Å². The van der Waals surface area contributed by atoms with Gasteiger partial charge < -0.3 is 10.1 Å². The van der Waals surface area contributed by atoms with E-state index in [1.807, 2.05) is 0 Å². The highest BCUT2D eigenvalue weighted by Gasteiger charge is 2.37. The zero-order valence-corrected chi connectivity index (χ0v) is 11.4. The van der Waals surface area contributed by atoms with E-state index in [9.17, 15) is 13.2 Å². The third-order valence-electron chi connectivity index (χ3n) is 3.03. The summed E-state index contributed by atoms with van der Waals surface area (Å²) in [7, 11) is 1.27. The molecule has 2 nitrogen and oxygen atoms in total. The smallest absolute Gasteiger partial charge is 0.420 e. The van der Waals surface area contributed by atoms with Crippen molar-refractivity contribution in [3.8, 4) is 5.75 Å². The molecule has 1 N–H and O–H groups in total. The highest BCUT2D eigenvalue weighted by Crippen LogP contribution is 2.43. The van der Waals surface area contributed by atoms with E-state index in [1.54, 1.807) is 6.07 Å². The van der Waals surface area contributed by atoms with Crippen molar-refractivity contribution in [1.82, 2.24) is 5.32 Å². The molecule has 6 heteroatoms. The molecule has 0 aliphatic carbocycles. The van der Waals surface area contributed by atoms with E-state index in [2.05, 4.69) is 21.2 Å². The number of hydrogen-bond acceptors (Lipinski definition) is 2. The summed E-state index contributed by atoms with van der Waals surface area (Å²) in [4.78, 5) is 0. The average Bonchev–Trinajstić information content (AvgIpc) is 2.80. The summed E-state index contributed by atoms with van der Waals surface area (Å²) in [6.45, 7) is 0.821. The average molecular weight is 324 g/mol. The zero-order valence-electron chi connectivity index (χ0n) is 9.77. The molecule has 1 aliphatic heterocycles. The van der Waals surface area contributed by atoms with Crippen molar-refractivity contribution in [3.05, 3.63) is 27.7 Å². The predicted octanol–water partition coefficient (Wildman–Crippen LogP) is 3.90. The summed E-state index contributed by atoms with van der Waals surface area (Å²) in [5.74, 6) is -0.0786. The Morgan fingerprint density at radius 3 is 2.61 bits per heavy atom. The van der Waals surface area contributed by atoms with Gasteiger partial charge in [-0.25, -0.2) is 0 Å². The fourth-order valence-corrected chi connectivity index (χ4v) is 2.74. The number of rotatable bonds is 2. The van der Waals surface area contributed by atoms with Crippen LogP contribution in [0.5, 0.6) is 5.75 Å². The molecule has 0 radical (unpaired) electrons. The maximum absolute atomic E-state index is 13.0. The monoisotopic (exact) mass is 323 g/mol. The van der Waals surface area contributed by atoms with Gasteiger partial charge in [0, 0.05) is 16.1 Å². The fourth-order valence-electron chi connectivity index (χ4n) is 2.26. The molecule has 1 aliphatic rings. The summed E-state index contributed by atoms with van der Waals surface area (Å²) in [6.07, 6.45) is -2.63. The maximum atomic E-state index is 13.0. The number of benzene rings is 1. The van der Waals surface area contributed by atoms with Crippen LogP contribution in [0.3, 0.4) is 0 Å².